The van der Waals surface area contributed by atoms with Gasteiger partial charge < -0.3 is 10.3 Å². The van der Waals surface area contributed by atoms with Crippen LogP contribution in [-0.4, -0.2) is 9.55 Å². The lowest BCUT2D eigenvalue weighted by atomic mass is 9.98. The fraction of sp³-hybridized carbons (Fsp3) is 0.471. The maximum absolute atomic E-state index is 6.38. The molecule has 0 saturated carbocycles. The van der Waals surface area contributed by atoms with Crippen molar-refractivity contribution in [2.24, 2.45) is 0 Å². The molecule has 0 bridgehead atoms. The Hall–Kier alpha value is -1.77. The number of nitrogens with two attached hydrogens (primary N) is 1. The Kier molecular flexibility index (Phi) is 3.41. The Labute approximate surface area is 121 Å². The highest BCUT2D eigenvalue weighted by molar-refractivity contribution is 5.75. The molecular weight excluding hydrogens is 246 g/mol. The van der Waals surface area contributed by atoms with E-state index in [9.17, 15) is 0 Å². The highest BCUT2D eigenvalue weighted by atomic mass is 15.2. The smallest absolute Gasteiger partial charge is 0.132 e. The van der Waals surface area contributed by atoms with Crippen molar-refractivity contribution in [3.8, 4) is 11.3 Å². The van der Waals surface area contributed by atoms with Crippen LogP contribution < -0.4 is 5.73 Å². The average molecular weight is 271 g/mol. The van der Waals surface area contributed by atoms with Crippen molar-refractivity contribution < 1.29 is 0 Å². The largest absolute Gasteiger partial charge is 0.383 e. The van der Waals surface area contributed by atoms with E-state index in [2.05, 4.69) is 58.2 Å². The zero-order valence-corrected chi connectivity index (χ0v) is 13.6. The molecule has 20 heavy (non-hydrogen) atoms. The SMILES string of the molecule is Cc1cc(C)c(-c2nc(C)n(C(C)(C)C)c2N)cc1C. The highest BCUT2D eigenvalue weighted by Gasteiger charge is 2.23. The number of imidazole rings is 1. The van der Waals surface area contributed by atoms with Gasteiger partial charge in [0, 0.05) is 11.1 Å². The van der Waals surface area contributed by atoms with Crippen molar-refractivity contribution in [2.75, 3.05) is 5.73 Å². The van der Waals surface area contributed by atoms with E-state index >= 15 is 0 Å². The van der Waals surface area contributed by atoms with Gasteiger partial charge in [0.25, 0.3) is 0 Å². The number of benzene rings is 1. The summed E-state index contributed by atoms with van der Waals surface area (Å²) in [6.45, 7) is 14.8. The molecule has 1 aromatic carbocycles. The molecule has 2 N–H and O–H groups in total. The second-order valence-corrected chi connectivity index (χ2v) is 6.65. The Morgan fingerprint density at radius 1 is 0.950 bits per heavy atom. The van der Waals surface area contributed by atoms with Gasteiger partial charge in [-0.3, -0.25) is 0 Å². The standard InChI is InChI=1S/C17H25N3/c1-10-8-12(3)14(9-11(10)2)15-16(18)20(13(4)19-15)17(5,6)7/h8-9H,18H2,1-7H3. The van der Waals surface area contributed by atoms with Crippen molar-refractivity contribution in [1.29, 1.82) is 0 Å². The molecule has 0 spiro atoms. The van der Waals surface area contributed by atoms with E-state index in [0.29, 0.717) is 0 Å². The molecule has 3 heteroatoms. The number of rotatable bonds is 1. The van der Waals surface area contributed by atoms with Gasteiger partial charge in [-0.1, -0.05) is 6.07 Å². The summed E-state index contributed by atoms with van der Waals surface area (Å²) >= 11 is 0. The van der Waals surface area contributed by atoms with Gasteiger partial charge in [-0.25, -0.2) is 4.98 Å². The van der Waals surface area contributed by atoms with Crippen LogP contribution >= 0.6 is 0 Å². The molecule has 1 heterocycles. The van der Waals surface area contributed by atoms with Gasteiger partial charge in [0.15, 0.2) is 0 Å². The van der Waals surface area contributed by atoms with Crippen LogP contribution in [0.3, 0.4) is 0 Å². The summed E-state index contributed by atoms with van der Waals surface area (Å²) in [5.41, 5.74) is 12.1. The summed E-state index contributed by atoms with van der Waals surface area (Å²) in [6.07, 6.45) is 0. The van der Waals surface area contributed by atoms with Crippen molar-refractivity contribution in [1.82, 2.24) is 9.55 Å². The minimum absolute atomic E-state index is 0.0624. The number of nitrogens with zero attached hydrogens (tertiary/aromatic N) is 2. The van der Waals surface area contributed by atoms with Crippen LogP contribution in [0.25, 0.3) is 11.3 Å². The van der Waals surface area contributed by atoms with Crippen LogP contribution in [-0.2, 0) is 5.54 Å². The zero-order chi connectivity index (χ0) is 15.2. The van der Waals surface area contributed by atoms with E-state index in [0.717, 1.165) is 22.9 Å². The Balaban J connectivity index is 2.70. The van der Waals surface area contributed by atoms with Crippen molar-refractivity contribution >= 4 is 5.82 Å². The number of anilines is 1. The van der Waals surface area contributed by atoms with Gasteiger partial charge in [0.2, 0.25) is 0 Å². The molecule has 0 aliphatic heterocycles. The molecule has 0 aliphatic carbocycles. The first-order valence-electron chi connectivity index (χ1n) is 7.06. The van der Waals surface area contributed by atoms with Crippen LogP contribution in [0.2, 0.25) is 0 Å². The first-order chi connectivity index (χ1) is 9.12. The number of hydrogen-bond donors (Lipinski definition) is 1. The van der Waals surface area contributed by atoms with E-state index in [1.165, 1.54) is 16.7 Å². The monoisotopic (exact) mass is 271 g/mol. The average Bonchev–Trinajstić information content (AvgIpc) is 2.58. The summed E-state index contributed by atoms with van der Waals surface area (Å²) in [6, 6.07) is 4.39. The summed E-state index contributed by atoms with van der Waals surface area (Å²) in [5.74, 6) is 1.71. The molecule has 0 aliphatic rings. The highest BCUT2D eigenvalue weighted by Crippen LogP contribution is 2.33. The molecule has 2 rings (SSSR count). The Bertz CT molecular complexity index is 658. The molecule has 0 atom stereocenters. The number of aryl methyl sites for hydroxylation is 4. The summed E-state index contributed by atoms with van der Waals surface area (Å²) in [7, 11) is 0. The maximum atomic E-state index is 6.38. The van der Waals surface area contributed by atoms with E-state index in [1.807, 2.05) is 6.92 Å². The third-order valence-corrected chi connectivity index (χ3v) is 3.85. The first-order valence-corrected chi connectivity index (χ1v) is 7.06. The van der Waals surface area contributed by atoms with E-state index in [-0.39, 0.29) is 5.54 Å². The predicted octanol–water partition coefficient (Wildman–Crippen LogP) is 4.12. The number of aromatic nitrogens is 2. The Morgan fingerprint density at radius 3 is 2.00 bits per heavy atom. The molecule has 0 fully saturated rings. The predicted molar refractivity (Wildman–Crippen MR) is 86.0 cm³/mol. The van der Waals surface area contributed by atoms with Gasteiger partial charge in [-0.2, -0.15) is 0 Å². The van der Waals surface area contributed by atoms with Crippen molar-refractivity contribution in [2.45, 2.75) is 54.0 Å². The van der Waals surface area contributed by atoms with E-state index in [4.69, 9.17) is 10.7 Å². The fourth-order valence-electron chi connectivity index (χ4n) is 2.81. The van der Waals surface area contributed by atoms with Crippen LogP contribution in [0.1, 0.15) is 43.3 Å². The topological polar surface area (TPSA) is 43.8 Å². The van der Waals surface area contributed by atoms with Gasteiger partial charge in [0.1, 0.15) is 17.3 Å². The molecule has 0 unspecified atom stereocenters. The van der Waals surface area contributed by atoms with Gasteiger partial charge >= 0.3 is 0 Å². The Morgan fingerprint density at radius 2 is 1.50 bits per heavy atom. The second kappa shape index (κ2) is 4.65. The third kappa shape index (κ3) is 2.33. The molecule has 2 aromatic rings. The molecular formula is C17H25N3. The summed E-state index contributed by atoms with van der Waals surface area (Å²) in [4.78, 5) is 4.72. The van der Waals surface area contributed by atoms with E-state index < -0.39 is 0 Å². The van der Waals surface area contributed by atoms with Crippen LogP contribution in [0, 0.1) is 27.7 Å². The lowest BCUT2D eigenvalue weighted by Crippen LogP contribution is -2.24. The van der Waals surface area contributed by atoms with Crippen molar-refractivity contribution in [3.63, 3.8) is 0 Å². The second-order valence-electron chi connectivity index (χ2n) is 6.65. The lowest BCUT2D eigenvalue weighted by molar-refractivity contribution is 0.393. The van der Waals surface area contributed by atoms with Gasteiger partial charge in [0.05, 0.1) is 0 Å². The van der Waals surface area contributed by atoms with E-state index in [1.54, 1.807) is 0 Å². The molecule has 0 radical (unpaired) electrons. The third-order valence-electron chi connectivity index (χ3n) is 3.85. The minimum Gasteiger partial charge on any atom is -0.383 e. The van der Waals surface area contributed by atoms with Crippen molar-refractivity contribution in [3.05, 3.63) is 34.6 Å². The van der Waals surface area contributed by atoms with Gasteiger partial charge in [-0.15, -0.1) is 0 Å². The lowest BCUT2D eigenvalue weighted by Gasteiger charge is -2.24. The fourth-order valence-corrected chi connectivity index (χ4v) is 2.81. The molecule has 1 aromatic heterocycles. The van der Waals surface area contributed by atoms with Crippen LogP contribution in [0.5, 0.6) is 0 Å². The molecule has 3 nitrogen and oxygen atoms in total. The maximum Gasteiger partial charge on any atom is 0.132 e. The zero-order valence-electron chi connectivity index (χ0n) is 13.6. The molecule has 0 amide bonds. The van der Waals surface area contributed by atoms with Gasteiger partial charge in [-0.05, 0) is 71.2 Å². The van der Waals surface area contributed by atoms with Crippen LogP contribution in [0.15, 0.2) is 12.1 Å². The molecule has 0 saturated heterocycles. The number of hydrogen-bond acceptors (Lipinski definition) is 2. The summed E-state index contributed by atoms with van der Waals surface area (Å²) < 4.78 is 2.11. The van der Waals surface area contributed by atoms with Crippen LogP contribution in [0.4, 0.5) is 5.82 Å². The minimum atomic E-state index is -0.0624. The normalized spacial score (nSPS) is 11.9. The number of nitrogen functional groups attached to an aromatic ring is 1. The quantitative estimate of drug-likeness (QED) is 0.847. The summed E-state index contributed by atoms with van der Waals surface area (Å²) in [5, 5.41) is 0. The first kappa shape index (κ1) is 14.6. The molecule has 108 valence electrons.